The van der Waals surface area contributed by atoms with Gasteiger partial charge in [-0.25, -0.2) is 14.6 Å². The third kappa shape index (κ3) is 5.08. The van der Waals surface area contributed by atoms with Crippen molar-refractivity contribution >= 4 is 40.2 Å². The predicted molar refractivity (Wildman–Crippen MR) is 171 cm³/mol. The summed E-state index contributed by atoms with van der Waals surface area (Å²) in [5.41, 5.74) is 9.30. The van der Waals surface area contributed by atoms with Gasteiger partial charge in [0, 0.05) is 43.2 Å². The van der Waals surface area contributed by atoms with Gasteiger partial charge < -0.3 is 25.0 Å². The van der Waals surface area contributed by atoms with Crippen LogP contribution in [0.2, 0.25) is 5.02 Å². The summed E-state index contributed by atoms with van der Waals surface area (Å²) in [6.07, 6.45) is 2.96. The summed E-state index contributed by atoms with van der Waals surface area (Å²) in [7, 11) is 0. The zero-order valence-electron chi connectivity index (χ0n) is 25.7. The first-order chi connectivity index (χ1) is 20.9. The number of fused-ring (bicyclic) bond motifs is 2. The van der Waals surface area contributed by atoms with Crippen LogP contribution in [0.5, 0.6) is 5.75 Å². The van der Waals surface area contributed by atoms with Gasteiger partial charge in [0.05, 0.1) is 33.3 Å². The number of pyridine rings is 2. The summed E-state index contributed by atoms with van der Waals surface area (Å²) in [6.45, 7) is 12.9. The van der Waals surface area contributed by atoms with Gasteiger partial charge in [0.15, 0.2) is 5.75 Å². The number of halogens is 1. The van der Waals surface area contributed by atoms with E-state index in [1.165, 1.54) is 0 Å². The first-order valence-corrected chi connectivity index (χ1v) is 15.1. The smallest absolute Gasteiger partial charge is 0.410 e. The molecule has 4 aromatic rings. The van der Waals surface area contributed by atoms with E-state index in [1.807, 2.05) is 64.6 Å². The number of aromatic nitrogens is 4. The number of carbonyl (C=O) groups is 1. The lowest BCUT2D eigenvalue weighted by atomic mass is 10.0. The number of benzene rings is 1. The molecule has 2 aliphatic heterocycles. The molecule has 0 unspecified atom stereocenters. The number of hydrogen-bond acceptors (Lipinski definition) is 9. The van der Waals surface area contributed by atoms with E-state index in [0.29, 0.717) is 69.8 Å². The number of carbonyl (C=O) groups excluding carboxylic acids is 1. The lowest BCUT2D eigenvalue weighted by Crippen LogP contribution is -2.57. The summed E-state index contributed by atoms with van der Waals surface area (Å²) in [4.78, 5) is 44.5. The maximum absolute atomic E-state index is 14.2. The number of ether oxygens (including phenoxy) is 2. The second-order valence-corrected chi connectivity index (χ2v) is 12.9. The van der Waals surface area contributed by atoms with Crippen LogP contribution < -0.4 is 21.1 Å². The van der Waals surface area contributed by atoms with Crippen molar-refractivity contribution in [1.82, 2.24) is 24.4 Å². The summed E-state index contributed by atoms with van der Waals surface area (Å²) < 4.78 is 13.8. The minimum Gasteiger partial charge on any atom is -0.489 e. The van der Waals surface area contributed by atoms with Crippen LogP contribution in [0.4, 0.5) is 16.4 Å². The Kier molecular flexibility index (Phi) is 7.39. The molecule has 0 bridgehead atoms. The maximum Gasteiger partial charge on any atom is 0.410 e. The fourth-order valence-corrected chi connectivity index (χ4v) is 6.25. The fourth-order valence-electron chi connectivity index (χ4n) is 5.95. The zero-order valence-corrected chi connectivity index (χ0v) is 26.5. The van der Waals surface area contributed by atoms with Gasteiger partial charge in [-0.05, 0) is 63.4 Å². The average Bonchev–Trinajstić information content (AvgIpc) is 3.12. The number of nitrogen functional groups attached to an aromatic ring is 1. The Morgan fingerprint density at radius 1 is 1.16 bits per heavy atom. The molecule has 230 valence electrons. The second kappa shape index (κ2) is 11.0. The van der Waals surface area contributed by atoms with Crippen LogP contribution in [0, 0.1) is 6.92 Å². The van der Waals surface area contributed by atoms with Crippen LogP contribution >= 0.6 is 11.6 Å². The number of hydrogen-bond donors (Lipinski definition) is 1. The molecule has 12 heteroatoms. The largest absolute Gasteiger partial charge is 0.489 e. The zero-order chi connectivity index (χ0) is 31.5. The Balaban J connectivity index is 1.61. The van der Waals surface area contributed by atoms with Gasteiger partial charge >= 0.3 is 11.8 Å². The summed E-state index contributed by atoms with van der Waals surface area (Å²) in [5, 5.41) is 0.938. The number of anilines is 2. The molecule has 2 N–H and O–H groups in total. The van der Waals surface area contributed by atoms with Crippen molar-refractivity contribution in [1.29, 1.82) is 0 Å². The van der Waals surface area contributed by atoms with Gasteiger partial charge in [0.25, 0.3) is 0 Å². The molecule has 6 rings (SSSR count). The normalized spacial score (nSPS) is 16.5. The third-order valence-electron chi connectivity index (χ3n) is 7.94. The minimum atomic E-state index is -0.625. The lowest BCUT2D eigenvalue weighted by Gasteiger charge is -2.41. The van der Waals surface area contributed by atoms with Crippen LogP contribution in [0.1, 0.15) is 51.8 Å². The van der Waals surface area contributed by atoms with Crippen LogP contribution in [0.15, 0.2) is 41.5 Å². The van der Waals surface area contributed by atoms with Gasteiger partial charge in [-0.2, -0.15) is 4.98 Å². The molecule has 1 saturated heterocycles. The Bertz CT molecular complexity index is 1850. The molecule has 0 radical (unpaired) electrons. The van der Waals surface area contributed by atoms with Gasteiger partial charge in [0.1, 0.15) is 23.8 Å². The molecule has 3 aromatic heterocycles. The number of aryl methyl sites for hydroxylation is 1. The molecule has 1 amide bonds. The molecule has 0 aliphatic carbocycles. The first-order valence-electron chi connectivity index (χ1n) is 14.7. The highest BCUT2D eigenvalue weighted by Crippen LogP contribution is 2.47. The summed E-state index contributed by atoms with van der Waals surface area (Å²) >= 11 is 7.13. The number of rotatable bonds is 3. The molecule has 2 aliphatic rings. The van der Waals surface area contributed by atoms with Crippen molar-refractivity contribution in [2.45, 2.75) is 59.1 Å². The van der Waals surface area contributed by atoms with E-state index in [4.69, 9.17) is 26.8 Å². The van der Waals surface area contributed by atoms with Gasteiger partial charge in [-0.15, -0.1) is 0 Å². The van der Waals surface area contributed by atoms with E-state index in [9.17, 15) is 9.59 Å². The molecule has 1 fully saturated rings. The standard InChI is InChI=1S/C32H36ClN7O4/c1-17(2)25-26(18(3)9-11-35-25)40-22-14-21(20-8-7-10-36-28(20)34)24(33)27-23(22)29(37-30(40)41)39-13-12-38(15-19(39)16-43-27)31(42)44-32(4,5)6/h7-11,14,17,19H,12-13,15-16H2,1-6H3,(H2,34,36)/t19-/m0/s1. The van der Waals surface area contributed by atoms with Gasteiger partial charge in [-0.3, -0.25) is 9.55 Å². The number of nitrogens with two attached hydrogens (primary N) is 1. The van der Waals surface area contributed by atoms with Crippen molar-refractivity contribution in [3.8, 4) is 22.6 Å². The minimum absolute atomic E-state index is 0.0315. The number of amides is 1. The van der Waals surface area contributed by atoms with Crippen molar-refractivity contribution in [3.05, 3.63) is 63.4 Å². The van der Waals surface area contributed by atoms with Crippen LogP contribution in [-0.4, -0.2) is 68.4 Å². The van der Waals surface area contributed by atoms with Gasteiger partial charge in [0.2, 0.25) is 0 Å². The summed E-state index contributed by atoms with van der Waals surface area (Å²) in [6, 6.07) is 7.05. The SMILES string of the molecule is Cc1ccnc(C(C)C)c1-n1c(=O)nc2c3c(c(Cl)c(-c4cccnc4N)cc31)OC[C@@H]1CN(C(=O)OC(C)(C)C)CCN21. The summed E-state index contributed by atoms with van der Waals surface area (Å²) in [5.74, 6) is 1.18. The van der Waals surface area contributed by atoms with Crippen LogP contribution in [-0.2, 0) is 4.74 Å². The fraction of sp³-hybridized carbons (Fsp3) is 0.406. The predicted octanol–water partition coefficient (Wildman–Crippen LogP) is 5.33. The Hall–Kier alpha value is -4.38. The van der Waals surface area contributed by atoms with Crippen molar-refractivity contribution in [2.24, 2.45) is 0 Å². The van der Waals surface area contributed by atoms with Crippen molar-refractivity contribution < 1.29 is 14.3 Å². The highest BCUT2D eigenvalue weighted by Gasteiger charge is 2.38. The third-order valence-corrected chi connectivity index (χ3v) is 8.31. The van der Waals surface area contributed by atoms with E-state index in [2.05, 4.69) is 15.0 Å². The molecule has 1 aromatic carbocycles. The first kappa shape index (κ1) is 29.7. The average molecular weight is 618 g/mol. The van der Waals surface area contributed by atoms with Crippen LogP contribution in [0.25, 0.3) is 27.7 Å². The molecule has 5 heterocycles. The van der Waals surface area contributed by atoms with E-state index < -0.39 is 17.4 Å². The Morgan fingerprint density at radius 3 is 2.64 bits per heavy atom. The van der Waals surface area contributed by atoms with E-state index in [-0.39, 0.29) is 18.6 Å². The van der Waals surface area contributed by atoms with E-state index in [1.54, 1.807) is 27.9 Å². The van der Waals surface area contributed by atoms with E-state index >= 15 is 0 Å². The maximum atomic E-state index is 14.2. The molecule has 44 heavy (non-hydrogen) atoms. The second-order valence-electron chi connectivity index (χ2n) is 12.6. The van der Waals surface area contributed by atoms with Gasteiger partial charge in [-0.1, -0.05) is 25.4 Å². The molecule has 1 atom stereocenters. The van der Waals surface area contributed by atoms with Crippen LogP contribution in [0.3, 0.4) is 0 Å². The van der Waals surface area contributed by atoms with Crippen molar-refractivity contribution in [3.63, 3.8) is 0 Å². The number of nitrogens with zero attached hydrogens (tertiary/aromatic N) is 6. The molecule has 0 spiro atoms. The molecular weight excluding hydrogens is 582 g/mol. The Labute approximate surface area is 260 Å². The topological polar surface area (TPSA) is 129 Å². The van der Waals surface area contributed by atoms with E-state index in [0.717, 1.165) is 11.3 Å². The highest BCUT2D eigenvalue weighted by atomic mass is 35.5. The monoisotopic (exact) mass is 617 g/mol. The molecule has 11 nitrogen and oxygen atoms in total. The molecule has 0 saturated carbocycles. The van der Waals surface area contributed by atoms with Crippen molar-refractivity contribution in [2.75, 3.05) is 36.9 Å². The Morgan fingerprint density at radius 2 is 1.93 bits per heavy atom. The lowest BCUT2D eigenvalue weighted by molar-refractivity contribution is 0.0202. The molecular formula is C32H36ClN7O4. The highest BCUT2D eigenvalue weighted by molar-refractivity contribution is 6.36. The number of piperazine rings is 1. The quantitative estimate of drug-likeness (QED) is 0.324.